The number of nitrogens with one attached hydrogen (secondary N) is 1. The van der Waals surface area contributed by atoms with E-state index in [-0.39, 0.29) is 11.9 Å². The van der Waals surface area contributed by atoms with Gasteiger partial charge in [-0.3, -0.25) is 4.79 Å². The molecule has 0 aliphatic heterocycles. The number of rotatable bonds is 5. The van der Waals surface area contributed by atoms with Crippen molar-refractivity contribution in [2.24, 2.45) is 11.8 Å². The van der Waals surface area contributed by atoms with Crippen LogP contribution < -0.4 is 5.32 Å². The van der Waals surface area contributed by atoms with Crippen molar-refractivity contribution in [2.75, 3.05) is 14.1 Å². The first-order valence-electron chi connectivity index (χ1n) is 7.37. The first-order chi connectivity index (χ1) is 8.40. The molecule has 3 heteroatoms. The Morgan fingerprint density at radius 1 is 1.22 bits per heavy atom. The molecule has 0 aromatic carbocycles. The van der Waals surface area contributed by atoms with Crippen LogP contribution in [0.15, 0.2) is 0 Å². The lowest BCUT2D eigenvalue weighted by molar-refractivity contribution is -0.131. The summed E-state index contributed by atoms with van der Waals surface area (Å²) in [6.45, 7) is 6.69. The van der Waals surface area contributed by atoms with Gasteiger partial charge in [0.1, 0.15) is 0 Å². The minimum Gasteiger partial charge on any atom is -0.347 e. The van der Waals surface area contributed by atoms with E-state index in [1.165, 1.54) is 25.7 Å². The third-order valence-corrected chi connectivity index (χ3v) is 3.90. The van der Waals surface area contributed by atoms with E-state index in [4.69, 9.17) is 0 Å². The molecule has 106 valence electrons. The van der Waals surface area contributed by atoms with Gasteiger partial charge in [-0.05, 0) is 43.9 Å². The van der Waals surface area contributed by atoms with Gasteiger partial charge in [0, 0.05) is 20.1 Å². The summed E-state index contributed by atoms with van der Waals surface area (Å²) in [6.07, 6.45) is 5.96. The Kier molecular flexibility index (Phi) is 6.13. The van der Waals surface area contributed by atoms with Gasteiger partial charge < -0.3 is 10.2 Å². The highest BCUT2D eigenvalue weighted by atomic mass is 16.2. The summed E-state index contributed by atoms with van der Waals surface area (Å²) in [5.74, 6) is 1.63. The first-order valence-corrected chi connectivity index (χ1v) is 7.37. The average molecular weight is 254 g/mol. The van der Waals surface area contributed by atoms with Gasteiger partial charge in [-0.1, -0.05) is 20.8 Å². The van der Waals surface area contributed by atoms with Crippen LogP contribution in [-0.2, 0) is 4.79 Å². The van der Waals surface area contributed by atoms with E-state index in [0.29, 0.717) is 12.0 Å². The fourth-order valence-corrected chi connectivity index (χ4v) is 2.73. The summed E-state index contributed by atoms with van der Waals surface area (Å²) in [7, 11) is 3.70. The van der Waals surface area contributed by atoms with Crippen molar-refractivity contribution in [3.05, 3.63) is 0 Å². The molecule has 0 spiro atoms. The van der Waals surface area contributed by atoms with E-state index >= 15 is 0 Å². The maximum atomic E-state index is 12.2. The SMILES string of the molecule is CC(C)CC(NC1CCC(C)CC1)C(=O)N(C)C. The van der Waals surface area contributed by atoms with Crippen LogP contribution in [0.5, 0.6) is 0 Å². The molecule has 0 heterocycles. The lowest BCUT2D eigenvalue weighted by atomic mass is 9.86. The quantitative estimate of drug-likeness (QED) is 0.818. The summed E-state index contributed by atoms with van der Waals surface area (Å²) in [5, 5.41) is 3.60. The maximum Gasteiger partial charge on any atom is 0.239 e. The average Bonchev–Trinajstić information content (AvgIpc) is 2.29. The molecule has 1 atom stereocenters. The standard InChI is InChI=1S/C15H30N2O/c1-11(2)10-14(15(18)17(4)5)16-13-8-6-12(3)7-9-13/h11-14,16H,6-10H2,1-5H3. The highest BCUT2D eigenvalue weighted by Gasteiger charge is 2.26. The molecule has 1 aliphatic carbocycles. The lowest BCUT2D eigenvalue weighted by Crippen LogP contribution is -2.49. The van der Waals surface area contributed by atoms with E-state index in [2.05, 4.69) is 26.1 Å². The second kappa shape index (κ2) is 7.13. The molecule has 1 N–H and O–H groups in total. The van der Waals surface area contributed by atoms with Gasteiger partial charge in [-0.25, -0.2) is 0 Å². The summed E-state index contributed by atoms with van der Waals surface area (Å²) in [5.41, 5.74) is 0. The van der Waals surface area contributed by atoms with Gasteiger partial charge >= 0.3 is 0 Å². The summed E-state index contributed by atoms with van der Waals surface area (Å²) in [6, 6.07) is 0.534. The third-order valence-electron chi connectivity index (χ3n) is 3.90. The highest BCUT2D eigenvalue weighted by Crippen LogP contribution is 2.24. The lowest BCUT2D eigenvalue weighted by Gasteiger charge is -2.32. The minimum absolute atomic E-state index is 0.00148. The van der Waals surface area contributed by atoms with Crippen molar-refractivity contribution in [3.63, 3.8) is 0 Å². The molecule has 0 aromatic heterocycles. The summed E-state index contributed by atoms with van der Waals surface area (Å²) in [4.78, 5) is 13.9. The van der Waals surface area contributed by atoms with Gasteiger partial charge in [0.15, 0.2) is 0 Å². The molecule has 1 saturated carbocycles. The van der Waals surface area contributed by atoms with Gasteiger partial charge in [-0.15, -0.1) is 0 Å². The molecule has 1 unspecified atom stereocenters. The summed E-state index contributed by atoms with van der Waals surface area (Å²) >= 11 is 0. The first kappa shape index (κ1) is 15.5. The Bertz CT molecular complexity index is 255. The van der Waals surface area contributed by atoms with E-state index in [1.807, 2.05) is 14.1 Å². The predicted molar refractivity (Wildman–Crippen MR) is 76.5 cm³/mol. The fourth-order valence-electron chi connectivity index (χ4n) is 2.73. The van der Waals surface area contributed by atoms with Crippen molar-refractivity contribution in [1.29, 1.82) is 0 Å². The second-order valence-electron chi connectivity index (χ2n) is 6.54. The van der Waals surface area contributed by atoms with Gasteiger partial charge in [0.25, 0.3) is 0 Å². The van der Waals surface area contributed by atoms with E-state index in [0.717, 1.165) is 12.3 Å². The van der Waals surface area contributed by atoms with Crippen LogP contribution in [-0.4, -0.2) is 37.0 Å². The molecular weight excluding hydrogens is 224 g/mol. The Morgan fingerprint density at radius 3 is 2.22 bits per heavy atom. The second-order valence-corrected chi connectivity index (χ2v) is 6.54. The monoisotopic (exact) mass is 254 g/mol. The number of amides is 1. The maximum absolute atomic E-state index is 12.2. The zero-order valence-corrected chi connectivity index (χ0v) is 12.7. The van der Waals surface area contributed by atoms with Crippen LogP contribution >= 0.6 is 0 Å². The number of likely N-dealkylation sites (N-methyl/N-ethyl adjacent to an activating group) is 1. The molecule has 0 radical (unpaired) electrons. The number of nitrogens with zero attached hydrogens (tertiary/aromatic N) is 1. The van der Waals surface area contributed by atoms with Crippen LogP contribution in [0.2, 0.25) is 0 Å². The Morgan fingerprint density at radius 2 is 1.78 bits per heavy atom. The van der Waals surface area contributed by atoms with Gasteiger partial charge in [0.2, 0.25) is 5.91 Å². The molecule has 3 nitrogen and oxygen atoms in total. The molecule has 0 bridgehead atoms. The number of hydrogen-bond acceptors (Lipinski definition) is 2. The molecule has 18 heavy (non-hydrogen) atoms. The predicted octanol–water partition coefficient (Wildman–Crippen LogP) is 2.66. The number of carbonyl (C=O) groups excluding carboxylic acids is 1. The van der Waals surface area contributed by atoms with Crippen LogP contribution in [0.25, 0.3) is 0 Å². The summed E-state index contributed by atoms with van der Waals surface area (Å²) < 4.78 is 0. The zero-order valence-electron chi connectivity index (χ0n) is 12.7. The number of carbonyl (C=O) groups is 1. The largest absolute Gasteiger partial charge is 0.347 e. The molecule has 0 saturated heterocycles. The molecule has 0 aromatic rings. The van der Waals surface area contributed by atoms with Gasteiger partial charge in [0.05, 0.1) is 6.04 Å². The normalized spacial score (nSPS) is 26.1. The molecule has 1 aliphatic rings. The van der Waals surface area contributed by atoms with Crippen LogP contribution in [0.1, 0.15) is 52.9 Å². The van der Waals surface area contributed by atoms with Crippen molar-refractivity contribution in [2.45, 2.75) is 65.0 Å². The topological polar surface area (TPSA) is 32.3 Å². The minimum atomic E-state index is -0.00148. The molecule has 1 amide bonds. The van der Waals surface area contributed by atoms with E-state index in [1.54, 1.807) is 4.90 Å². The van der Waals surface area contributed by atoms with Crippen molar-refractivity contribution < 1.29 is 4.79 Å². The van der Waals surface area contributed by atoms with Crippen LogP contribution in [0.3, 0.4) is 0 Å². The van der Waals surface area contributed by atoms with Crippen molar-refractivity contribution in [3.8, 4) is 0 Å². The van der Waals surface area contributed by atoms with Gasteiger partial charge in [-0.2, -0.15) is 0 Å². The third kappa shape index (κ3) is 4.97. The Hall–Kier alpha value is -0.570. The Labute approximate surface area is 112 Å². The number of hydrogen-bond donors (Lipinski definition) is 1. The molecule has 1 fully saturated rings. The zero-order chi connectivity index (χ0) is 13.7. The van der Waals surface area contributed by atoms with Crippen molar-refractivity contribution >= 4 is 5.91 Å². The smallest absolute Gasteiger partial charge is 0.239 e. The van der Waals surface area contributed by atoms with Crippen molar-refractivity contribution in [1.82, 2.24) is 10.2 Å². The van der Waals surface area contributed by atoms with E-state index < -0.39 is 0 Å². The van der Waals surface area contributed by atoms with Crippen LogP contribution in [0, 0.1) is 11.8 Å². The molecular formula is C15H30N2O. The highest BCUT2D eigenvalue weighted by molar-refractivity contribution is 5.81. The van der Waals surface area contributed by atoms with E-state index in [9.17, 15) is 4.79 Å². The van der Waals surface area contributed by atoms with Crippen LogP contribution in [0.4, 0.5) is 0 Å². The molecule has 1 rings (SSSR count). The Balaban J connectivity index is 2.52. The fraction of sp³-hybridized carbons (Fsp3) is 0.933.